The molecule has 2 rings (SSSR count). The number of aryl methyl sites for hydroxylation is 1. The van der Waals surface area contributed by atoms with Crippen LogP contribution in [-0.2, 0) is 11.8 Å². The van der Waals surface area contributed by atoms with Gasteiger partial charge in [0, 0.05) is 11.1 Å². The molecule has 0 N–H and O–H groups in total. The number of nitriles is 1. The van der Waals surface area contributed by atoms with Gasteiger partial charge in [0.05, 0.1) is 11.3 Å². The molecular formula is C15H20N2. The molecule has 0 aliphatic heterocycles. The van der Waals surface area contributed by atoms with E-state index in [2.05, 4.69) is 39.8 Å². The third-order valence-corrected chi connectivity index (χ3v) is 3.69. The van der Waals surface area contributed by atoms with Crippen LogP contribution in [0.5, 0.6) is 0 Å². The zero-order chi connectivity index (χ0) is 12.6. The minimum Gasteiger partial charge on any atom is -0.255 e. The Morgan fingerprint density at radius 2 is 2.12 bits per heavy atom. The molecule has 0 bridgehead atoms. The minimum atomic E-state index is 0.158. The SMILES string of the molecule is CC(C)c1nc2c(cc1C#N)CCCC2(C)C. The lowest BCUT2D eigenvalue weighted by Crippen LogP contribution is -2.26. The highest BCUT2D eigenvalue weighted by atomic mass is 14.8. The van der Waals surface area contributed by atoms with E-state index in [9.17, 15) is 5.26 Å². The molecule has 0 radical (unpaired) electrons. The van der Waals surface area contributed by atoms with Crippen molar-refractivity contribution < 1.29 is 0 Å². The molecule has 2 heteroatoms. The Hall–Kier alpha value is -1.36. The first-order chi connectivity index (χ1) is 7.95. The van der Waals surface area contributed by atoms with Crippen molar-refractivity contribution in [1.29, 1.82) is 5.26 Å². The molecule has 1 aromatic rings. The second-order valence-corrected chi connectivity index (χ2v) is 5.93. The smallest absolute Gasteiger partial charge is 0.101 e. The fourth-order valence-electron chi connectivity index (χ4n) is 2.71. The van der Waals surface area contributed by atoms with Crippen LogP contribution in [0.15, 0.2) is 6.07 Å². The van der Waals surface area contributed by atoms with Crippen LogP contribution < -0.4 is 0 Å². The molecule has 90 valence electrons. The summed E-state index contributed by atoms with van der Waals surface area (Å²) in [4.78, 5) is 4.81. The van der Waals surface area contributed by atoms with Crippen LogP contribution in [0.3, 0.4) is 0 Å². The molecule has 0 spiro atoms. The molecule has 0 saturated carbocycles. The zero-order valence-corrected chi connectivity index (χ0v) is 11.2. The summed E-state index contributed by atoms with van der Waals surface area (Å²) in [6.07, 6.45) is 3.46. The van der Waals surface area contributed by atoms with Gasteiger partial charge in [0.1, 0.15) is 6.07 Å². The van der Waals surface area contributed by atoms with Crippen molar-refractivity contribution in [3.05, 3.63) is 28.6 Å². The minimum absolute atomic E-state index is 0.158. The summed E-state index contributed by atoms with van der Waals surface area (Å²) >= 11 is 0. The predicted molar refractivity (Wildman–Crippen MR) is 69.0 cm³/mol. The summed E-state index contributed by atoms with van der Waals surface area (Å²) in [6.45, 7) is 8.72. The van der Waals surface area contributed by atoms with Crippen molar-refractivity contribution in [3.63, 3.8) is 0 Å². The molecule has 0 atom stereocenters. The molecular weight excluding hydrogens is 208 g/mol. The van der Waals surface area contributed by atoms with Gasteiger partial charge >= 0.3 is 0 Å². The molecule has 0 saturated heterocycles. The summed E-state index contributed by atoms with van der Waals surface area (Å²) < 4.78 is 0. The largest absolute Gasteiger partial charge is 0.255 e. The van der Waals surface area contributed by atoms with Gasteiger partial charge in [-0.1, -0.05) is 27.7 Å². The van der Waals surface area contributed by atoms with Crippen molar-refractivity contribution in [2.75, 3.05) is 0 Å². The number of hydrogen-bond donors (Lipinski definition) is 0. The molecule has 0 amide bonds. The van der Waals surface area contributed by atoms with Crippen LogP contribution in [-0.4, -0.2) is 4.98 Å². The van der Waals surface area contributed by atoms with Crippen LogP contribution in [0.2, 0.25) is 0 Å². The Kier molecular flexibility index (Phi) is 2.95. The van der Waals surface area contributed by atoms with Crippen LogP contribution in [0.1, 0.15) is 69.0 Å². The number of fused-ring (bicyclic) bond motifs is 1. The highest BCUT2D eigenvalue weighted by Crippen LogP contribution is 2.37. The average molecular weight is 228 g/mol. The van der Waals surface area contributed by atoms with E-state index in [0.717, 1.165) is 17.7 Å². The van der Waals surface area contributed by atoms with Crippen molar-refractivity contribution in [2.24, 2.45) is 0 Å². The highest BCUT2D eigenvalue weighted by Gasteiger charge is 2.30. The lowest BCUT2D eigenvalue weighted by atomic mass is 9.75. The molecule has 17 heavy (non-hydrogen) atoms. The normalized spacial score (nSPS) is 17.6. The summed E-state index contributed by atoms with van der Waals surface area (Å²) in [5.41, 5.74) is 4.37. The Balaban J connectivity index is 2.63. The Morgan fingerprint density at radius 3 is 2.71 bits per heavy atom. The van der Waals surface area contributed by atoms with Crippen LogP contribution in [0.25, 0.3) is 0 Å². The van der Waals surface area contributed by atoms with Gasteiger partial charge in [0.2, 0.25) is 0 Å². The molecule has 1 aliphatic carbocycles. The molecule has 0 fully saturated rings. The maximum atomic E-state index is 9.21. The van der Waals surface area contributed by atoms with Gasteiger partial charge in [-0.05, 0) is 36.8 Å². The zero-order valence-electron chi connectivity index (χ0n) is 11.2. The fourth-order valence-corrected chi connectivity index (χ4v) is 2.71. The first-order valence-electron chi connectivity index (χ1n) is 6.40. The van der Waals surface area contributed by atoms with Crippen LogP contribution in [0, 0.1) is 11.3 Å². The van der Waals surface area contributed by atoms with Crippen molar-refractivity contribution in [2.45, 2.75) is 58.3 Å². The fraction of sp³-hybridized carbons (Fsp3) is 0.600. The van der Waals surface area contributed by atoms with E-state index in [4.69, 9.17) is 4.98 Å². The maximum absolute atomic E-state index is 9.21. The van der Waals surface area contributed by atoms with E-state index < -0.39 is 0 Å². The highest BCUT2D eigenvalue weighted by molar-refractivity contribution is 5.43. The van der Waals surface area contributed by atoms with Gasteiger partial charge in [0.25, 0.3) is 0 Å². The predicted octanol–water partition coefficient (Wildman–Crippen LogP) is 3.69. The second-order valence-electron chi connectivity index (χ2n) is 5.93. The summed E-state index contributed by atoms with van der Waals surface area (Å²) in [6, 6.07) is 4.36. The van der Waals surface area contributed by atoms with Crippen LogP contribution in [0.4, 0.5) is 0 Å². The first kappa shape index (κ1) is 12.1. The van der Waals surface area contributed by atoms with Gasteiger partial charge in [-0.2, -0.15) is 5.26 Å². The van der Waals surface area contributed by atoms with Gasteiger partial charge in [-0.15, -0.1) is 0 Å². The number of aromatic nitrogens is 1. The van der Waals surface area contributed by atoms with E-state index >= 15 is 0 Å². The molecule has 1 aromatic heterocycles. The third-order valence-electron chi connectivity index (χ3n) is 3.69. The summed E-state index contributed by atoms with van der Waals surface area (Å²) in [5.74, 6) is 0.313. The van der Waals surface area contributed by atoms with Crippen molar-refractivity contribution in [3.8, 4) is 6.07 Å². The third kappa shape index (κ3) is 2.07. The van der Waals surface area contributed by atoms with Crippen LogP contribution >= 0.6 is 0 Å². The number of pyridine rings is 1. The van der Waals surface area contributed by atoms with Gasteiger partial charge < -0.3 is 0 Å². The van der Waals surface area contributed by atoms with Gasteiger partial charge in [-0.25, -0.2) is 0 Å². The summed E-state index contributed by atoms with van der Waals surface area (Å²) in [7, 11) is 0. The molecule has 1 aliphatic rings. The van der Waals surface area contributed by atoms with Gasteiger partial charge in [0.15, 0.2) is 0 Å². The second kappa shape index (κ2) is 4.14. The Bertz CT molecular complexity index is 478. The standard InChI is InChI=1S/C15H20N2/c1-10(2)13-12(9-16)8-11-6-5-7-15(3,4)14(11)17-13/h8,10H,5-7H2,1-4H3. The topological polar surface area (TPSA) is 36.7 Å². The van der Waals surface area contributed by atoms with E-state index in [-0.39, 0.29) is 5.41 Å². The van der Waals surface area contributed by atoms with E-state index in [0.29, 0.717) is 5.92 Å². The number of hydrogen-bond acceptors (Lipinski definition) is 2. The van der Waals surface area contributed by atoms with Crippen molar-refractivity contribution >= 4 is 0 Å². The van der Waals surface area contributed by atoms with E-state index in [1.807, 2.05) is 0 Å². The Morgan fingerprint density at radius 1 is 1.41 bits per heavy atom. The molecule has 0 unspecified atom stereocenters. The monoisotopic (exact) mass is 228 g/mol. The summed E-state index contributed by atoms with van der Waals surface area (Å²) in [5, 5.41) is 9.21. The average Bonchev–Trinajstić information content (AvgIpc) is 2.27. The van der Waals surface area contributed by atoms with E-state index in [1.54, 1.807) is 0 Å². The van der Waals surface area contributed by atoms with Gasteiger partial charge in [-0.3, -0.25) is 4.98 Å². The van der Waals surface area contributed by atoms with Crippen molar-refractivity contribution in [1.82, 2.24) is 4.98 Å². The quantitative estimate of drug-likeness (QED) is 0.735. The molecule has 2 nitrogen and oxygen atoms in total. The molecule has 0 aromatic carbocycles. The number of nitrogens with zero attached hydrogens (tertiary/aromatic N) is 2. The van der Waals surface area contributed by atoms with E-state index in [1.165, 1.54) is 24.1 Å². The first-order valence-corrected chi connectivity index (χ1v) is 6.40. The lowest BCUT2D eigenvalue weighted by molar-refractivity contribution is 0.416. The Labute approximate surface area is 104 Å². The maximum Gasteiger partial charge on any atom is 0.101 e. The lowest BCUT2D eigenvalue weighted by Gasteiger charge is -2.32. The number of rotatable bonds is 1. The molecule has 1 heterocycles.